The van der Waals surface area contributed by atoms with Crippen LogP contribution in [0, 0.1) is 5.82 Å². The Labute approximate surface area is 131 Å². The van der Waals surface area contributed by atoms with E-state index in [2.05, 4.69) is 0 Å². The average Bonchev–Trinajstić information content (AvgIpc) is 2.79. The van der Waals surface area contributed by atoms with Crippen LogP contribution in [0.3, 0.4) is 0 Å². The molecule has 2 aromatic carbocycles. The number of hydrogen-bond acceptors (Lipinski definition) is 2. The molecule has 3 rings (SSSR count). The fourth-order valence-electron chi connectivity index (χ4n) is 2.35. The molecule has 112 valence electrons. The fourth-order valence-corrected chi connectivity index (χ4v) is 2.57. The maximum absolute atomic E-state index is 13.8. The highest BCUT2D eigenvalue weighted by Crippen LogP contribution is 2.25. The smallest absolute Gasteiger partial charge is 0.285 e. The van der Waals surface area contributed by atoms with Gasteiger partial charge in [-0.2, -0.15) is 0 Å². The van der Waals surface area contributed by atoms with Gasteiger partial charge in [0, 0.05) is 16.3 Å². The quantitative estimate of drug-likeness (QED) is 0.813. The number of nitrogens with zero attached hydrogens (tertiary/aromatic N) is 2. The summed E-state index contributed by atoms with van der Waals surface area (Å²) in [5.74, 6) is -0.917. The Morgan fingerprint density at radius 1 is 1.05 bits per heavy atom. The number of imide groups is 1. The van der Waals surface area contributed by atoms with Crippen molar-refractivity contribution in [2.45, 2.75) is 6.54 Å². The zero-order chi connectivity index (χ0) is 15.7. The minimum Gasteiger partial charge on any atom is -0.285 e. The first-order valence-corrected chi connectivity index (χ1v) is 7.05. The molecule has 1 fully saturated rings. The average molecular weight is 319 g/mol. The van der Waals surface area contributed by atoms with E-state index in [-0.39, 0.29) is 29.6 Å². The van der Waals surface area contributed by atoms with E-state index in [1.54, 1.807) is 24.3 Å². The molecule has 0 radical (unpaired) electrons. The minimum absolute atomic E-state index is 0.0606. The number of urea groups is 1. The number of rotatable bonds is 3. The van der Waals surface area contributed by atoms with Crippen LogP contribution in [0.25, 0.3) is 0 Å². The van der Waals surface area contributed by atoms with E-state index in [0.29, 0.717) is 5.69 Å². The van der Waals surface area contributed by atoms with Gasteiger partial charge in [-0.3, -0.25) is 14.6 Å². The zero-order valence-electron chi connectivity index (χ0n) is 11.5. The first-order valence-electron chi connectivity index (χ1n) is 6.67. The van der Waals surface area contributed by atoms with Crippen LogP contribution in [0.5, 0.6) is 0 Å². The third-order valence-corrected chi connectivity index (χ3v) is 3.86. The van der Waals surface area contributed by atoms with Crippen molar-refractivity contribution in [3.63, 3.8) is 0 Å². The van der Waals surface area contributed by atoms with E-state index in [0.717, 1.165) is 4.90 Å². The van der Waals surface area contributed by atoms with Gasteiger partial charge in [0.25, 0.3) is 5.91 Å². The monoisotopic (exact) mass is 318 g/mol. The lowest BCUT2D eigenvalue weighted by atomic mass is 10.2. The van der Waals surface area contributed by atoms with E-state index in [4.69, 9.17) is 11.6 Å². The van der Waals surface area contributed by atoms with E-state index in [1.807, 2.05) is 6.07 Å². The Hall–Kier alpha value is -2.40. The Morgan fingerprint density at radius 2 is 1.77 bits per heavy atom. The van der Waals surface area contributed by atoms with Crippen molar-refractivity contribution >= 4 is 29.2 Å². The first kappa shape index (κ1) is 14.5. The topological polar surface area (TPSA) is 40.6 Å². The van der Waals surface area contributed by atoms with E-state index in [9.17, 15) is 14.0 Å². The number of para-hydroxylation sites is 1. The fraction of sp³-hybridized carbons (Fsp3) is 0.125. The number of carbonyl (C=O) groups is 2. The van der Waals surface area contributed by atoms with Crippen molar-refractivity contribution in [3.8, 4) is 0 Å². The molecule has 6 heteroatoms. The standard InChI is InChI=1S/C16H12ClFN2O2/c17-13-7-4-8-14(18)12(13)9-20-15(21)10-19(16(20)22)11-5-2-1-3-6-11/h1-8H,9-10H2. The highest BCUT2D eigenvalue weighted by Gasteiger charge is 2.37. The molecule has 0 bridgehead atoms. The van der Waals surface area contributed by atoms with Crippen LogP contribution in [-0.4, -0.2) is 23.4 Å². The van der Waals surface area contributed by atoms with E-state index >= 15 is 0 Å². The van der Waals surface area contributed by atoms with Crippen LogP contribution < -0.4 is 4.90 Å². The molecule has 1 aliphatic rings. The highest BCUT2D eigenvalue weighted by molar-refractivity contribution is 6.31. The van der Waals surface area contributed by atoms with Gasteiger partial charge in [0.1, 0.15) is 12.4 Å². The molecule has 0 N–H and O–H groups in total. The maximum Gasteiger partial charge on any atom is 0.332 e. The Bertz CT molecular complexity index is 716. The van der Waals surface area contributed by atoms with E-state index < -0.39 is 11.8 Å². The molecular formula is C16H12ClFN2O2. The number of carbonyl (C=O) groups excluding carboxylic acids is 2. The third kappa shape index (κ3) is 2.55. The lowest BCUT2D eigenvalue weighted by Gasteiger charge is -2.18. The number of benzene rings is 2. The number of hydrogen-bond donors (Lipinski definition) is 0. The highest BCUT2D eigenvalue weighted by atomic mass is 35.5. The van der Waals surface area contributed by atoms with Gasteiger partial charge >= 0.3 is 6.03 Å². The summed E-state index contributed by atoms with van der Waals surface area (Å²) in [4.78, 5) is 26.9. The Kier molecular flexibility index (Phi) is 3.81. The molecule has 1 heterocycles. The Morgan fingerprint density at radius 3 is 2.45 bits per heavy atom. The summed E-state index contributed by atoms with van der Waals surface area (Å²) in [7, 11) is 0. The number of anilines is 1. The lowest BCUT2D eigenvalue weighted by Crippen LogP contribution is -2.33. The van der Waals surface area contributed by atoms with Crippen molar-refractivity contribution < 1.29 is 14.0 Å². The summed E-state index contributed by atoms with van der Waals surface area (Å²) in [5, 5.41) is 0.193. The first-order chi connectivity index (χ1) is 10.6. The van der Waals surface area contributed by atoms with Crippen LogP contribution in [0.4, 0.5) is 14.9 Å². The lowest BCUT2D eigenvalue weighted by molar-refractivity contribution is -0.125. The van der Waals surface area contributed by atoms with Crippen molar-refractivity contribution in [2.75, 3.05) is 11.4 Å². The molecule has 22 heavy (non-hydrogen) atoms. The van der Waals surface area contributed by atoms with Gasteiger partial charge in [0.15, 0.2) is 0 Å². The molecule has 1 aliphatic heterocycles. The molecule has 0 unspecified atom stereocenters. The van der Waals surface area contributed by atoms with Crippen molar-refractivity contribution in [3.05, 3.63) is 64.9 Å². The van der Waals surface area contributed by atoms with Crippen LogP contribution >= 0.6 is 11.6 Å². The van der Waals surface area contributed by atoms with Crippen molar-refractivity contribution in [1.82, 2.24) is 4.90 Å². The van der Waals surface area contributed by atoms with Crippen LogP contribution in [0.15, 0.2) is 48.5 Å². The molecule has 0 saturated carbocycles. The molecular weight excluding hydrogens is 307 g/mol. The largest absolute Gasteiger partial charge is 0.332 e. The summed E-state index contributed by atoms with van der Waals surface area (Å²) in [5.41, 5.74) is 0.767. The summed E-state index contributed by atoms with van der Waals surface area (Å²) in [6, 6.07) is 12.6. The van der Waals surface area contributed by atoms with Gasteiger partial charge < -0.3 is 0 Å². The molecule has 0 aliphatic carbocycles. The van der Waals surface area contributed by atoms with Gasteiger partial charge in [-0.05, 0) is 24.3 Å². The number of halogens is 2. The number of amides is 3. The predicted octanol–water partition coefficient (Wildman–Crippen LogP) is 3.45. The molecule has 0 aromatic heterocycles. The van der Waals surface area contributed by atoms with Crippen LogP contribution in [0.1, 0.15) is 5.56 Å². The predicted molar refractivity (Wildman–Crippen MR) is 81.1 cm³/mol. The summed E-state index contributed by atoms with van der Waals surface area (Å²) < 4.78 is 13.8. The molecule has 3 amide bonds. The minimum atomic E-state index is -0.536. The zero-order valence-corrected chi connectivity index (χ0v) is 12.3. The van der Waals surface area contributed by atoms with E-state index in [1.165, 1.54) is 23.1 Å². The van der Waals surface area contributed by atoms with Crippen LogP contribution in [0.2, 0.25) is 5.02 Å². The van der Waals surface area contributed by atoms with Crippen molar-refractivity contribution in [2.24, 2.45) is 0 Å². The second-order valence-electron chi connectivity index (χ2n) is 4.88. The molecule has 0 spiro atoms. The maximum atomic E-state index is 13.8. The molecule has 4 nitrogen and oxygen atoms in total. The van der Waals surface area contributed by atoms with Crippen LogP contribution in [-0.2, 0) is 11.3 Å². The molecule has 0 atom stereocenters. The third-order valence-electron chi connectivity index (χ3n) is 3.50. The normalized spacial score (nSPS) is 14.8. The summed E-state index contributed by atoms with van der Waals surface area (Å²) in [6.07, 6.45) is 0. The second-order valence-corrected chi connectivity index (χ2v) is 5.29. The van der Waals surface area contributed by atoms with Gasteiger partial charge in [-0.25, -0.2) is 9.18 Å². The molecule has 1 saturated heterocycles. The molecule has 2 aromatic rings. The summed E-state index contributed by atoms with van der Waals surface area (Å²) in [6.45, 7) is -0.235. The van der Waals surface area contributed by atoms with Gasteiger partial charge in [-0.1, -0.05) is 35.9 Å². The van der Waals surface area contributed by atoms with Crippen molar-refractivity contribution in [1.29, 1.82) is 0 Å². The Balaban J connectivity index is 1.87. The van der Waals surface area contributed by atoms with Gasteiger partial charge in [0.05, 0.1) is 6.54 Å². The van der Waals surface area contributed by atoms with Gasteiger partial charge in [-0.15, -0.1) is 0 Å². The SMILES string of the molecule is O=C1CN(c2ccccc2)C(=O)N1Cc1c(F)cccc1Cl. The van der Waals surface area contributed by atoms with Gasteiger partial charge in [0.2, 0.25) is 0 Å². The summed E-state index contributed by atoms with van der Waals surface area (Å²) >= 11 is 5.95. The second kappa shape index (κ2) is 5.77.